The van der Waals surface area contributed by atoms with Crippen LogP contribution in [-0.2, 0) is 6.18 Å². The third-order valence-corrected chi connectivity index (χ3v) is 3.75. The van der Waals surface area contributed by atoms with Gasteiger partial charge in [0.05, 0.1) is 12.1 Å². The van der Waals surface area contributed by atoms with Crippen molar-refractivity contribution >= 4 is 23.0 Å². The minimum absolute atomic E-state index is 0.210. The molecule has 2 N–H and O–H groups in total. The molecule has 0 spiro atoms. The first kappa shape index (κ1) is 17.3. The zero-order valence-corrected chi connectivity index (χ0v) is 13.8. The number of alkyl halides is 3. The summed E-state index contributed by atoms with van der Waals surface area (Å²) in [6.45, 7) is 0.718. The lowest BCUT2D eigenvalue weighted by Gasteiger charge is -2.27. The molecule has 0 saturated carbocycles. The van der Waals surface area contributed by atoms with E-state index >= 15 is 0 Å². The number of ether oxygens (including phenoxy) is 2. The first-order valence-corrected chi connectivity index (χ1v) is 7.93. The molecule has 0 bridgehead atoms. The van der Waals surface area contributed by atoms with Crippen LogP contribution in [0.25, 0.3) is 0 Å². The van der Waals surface area contributed by atoms with Crippen molar-refractivity contribution in [1.29, 1.82) is 0 Å². The standard InChI is InChI=1S/C17H15F3N2O2S/c18-17(19,20)11-4-3-5-12(8-11)22-16(25)21-9-13-10-23-14-6-1-2-7-15(14)24-13/h1-8,13H,9-10H2,(H2,21,22,25)/t13-/m0/s1. The van der Waals surface area contributed by atoms with Gasteiger partial charge in [0.2, 0.25) is 0 Å². The van der Waals surface area contributed by atoms with Gasteiger partial charge < -0.3 is 20.1 Å². The number of fused-ring (bicyclic) bond motifs is 1. The number of hydrogen-bond acceptors (Lipinski definition) is 3. The van der Waals surface area contributed by atoms with Crippen LogP contribution in [0.3, 0.4) is 0 Å². The number of benzene rings is 2. The average molecular weight is 368 g/mol. The largest absolute Gasteiger partial charge is 0.486 e. The molecule has 132 valence electrons. The monoisotopic (exact) mass is 368 g/mol. The maximum atomic E-state index is 12.7. The summed E-state index contributed by atoms with van der Waals surface area (Å²) in [4.78, 5) is 0. The minimum atomic E-state index is -4.40. The maximum absolute atomic E-state index is 12.7. The van der Waals surface area contributed by atoms with Crippen molar-refractivity contribution < 1.29 is 22.6 Å². The third kappa shape index (κ3) is 4.54. The van der Waals surface area contributed by atoms with E-state index in [0.29, 0.717) is 24.7 Å². The molecule has 1 aliphatic heterocycles. The van der Waals surface area contributed by atoms with Gasteiger partial charge in [0.15, 0.2) is 16.6 Å². The van der Waals surface area contributed by atoms with Gasteiger partial charge in [0.1, 0.15) is 12.7 Å². The summed E-state index contributed by atoms with van der Waals surface area (Å²) in [5, 5.41) is 5.87. The summed E-state index contributed by atoms with van der Waals surface area (Å²) in [5.74, 6) is 1.33. The molecule has 0 aliphatic carbocycles. The van der Waals surface area contributed by atoms with Crippen LogP contribution in [0.2, 0.25) is 0 Å². The SMILES string of the molecule is FC(F)(F)c1cccc(NC(=S)NC[C@H]2COc3ccccc3O2)c1. The summed E-state index contributed by atoms with van der Waals surface area (Å²) >= 11 is 5.12. The van der Waals surface area contributed by atoms with Gasteiger partial charge in [0.25, 0.3) is 0 Å². The predicted octanol–water partition coefficient (Wildman–Crippen LogP) is 3.83. The molecule has 3 rings (SSSR count). The van der Waals surface area contributed by atoms with E-state index in [4.69, 9.17) is 21.7 Å². The Labute approximate surface area is 147 Å². The van der Waals surface area contributed by atoms with Crippen molar-refractivity contribution in [3.8, 4) is 11.5 Å². The third-order valence-electron chi connectivity index (χ3n) is 3.51. The highest BCUT2D eigenvalue weighted by atomic mass is 32.1. The highest BCUT2D eigenvalue weighted by Crippen LogP contribution is 2.31. The number of hydrogen-bond donors (Lipinski definition) is 2. The Morgan fingerprint density at radius 3 is 2.64 bits per heavy atom. The molecule has 0 fully saturated rings. The zero-order valence-electron chi connectivity index (χ0n) is 13.0. The number of anilines is 1. The second-order valence-electron chi connectivity index (χ2n) is 5.41. The molecule has 8 heteroatoms. The number of rotatable bonds is 3. The van der Waals surface area contributed by atoms with E-state index < -0.39 is 11.7 Å². The van der Waals surface area contributed by atoms with Crippen molar-refractivity contribution in [2.45, 2.75) is 12.3 Å². The second kappa shape index (κ2) is 7.18. The fraction of sp³-hybridized carbons (Fsp3) is 0.235. The van der Waals surface area contributed by atoms with Gasteiger partial charge in [-0.3, -0.25) is 0 Å². The lowest BCUT2D eigenvalue weighted by atomic mass is 10.2. The van der Waals surface area contributed by atoms with Crippen LogP contribution < -0.4 is 20.1 Å². The topological polar surface area (TPSA) is 42.5 Å². The van der Waals surface area contributed by atoms with Gasteiger partial charge in [-0.2, -0.15) is 13.2 Å². The summed E-state index contributed by atoms with van der Waals surface area (Å²) in [7, 11) is 0. The van der Waals surface area contributed by atoms with Gasteiger partial charge in [-0.05, 0) is 42.5 Å². The highest BCUT2D eigenvalue weighted by molar-refractivity contribution is 7.80. The molecule has 0 unspecified atom stereocenters. The van der Waals surface area contributed by atoms with Crippen molar-refractivity contribution in [3.63, 3.8) is 0 Å². The van der Waals surface area contributed by atoms with Crippen LogP contribution in [0.5, 0.6) is 11.5 Å². The average Bonchev–Trinajstić information content (AvgIpc) is 2.59. The Balaban J connectivity index is 1.52. The first-order valence-electron chi connectivity index (χ1n) is 7.52. The van der Waals surface area contributed by atoms with E-state index in [1.807, 2.05) is 18.2 Å². The van der Waals surface area contributed by atoms with E-state index in [1.165, 1.54) is 12.1 Å². The lowest BCUT2D eigenvalue weighted by Crippen LogP contribution is -2.42. The molecular formula is C17H15F3N2O2S. The number of halogens is 3. The fourth-order valence-corrected chi connectivity index (χ4v) is 2.52. The number of thiocarbonyl (C=S) groups is 1. The summed E-state index contributed by atoms with van der Waals surface area (Å²) < 4.78 is 49.5. The van der Waals surface area contributed by atoms with Crippen LogP contribution in [0.15, 0.2) is 48.5 Å². The quantitative estimate of drug-likeness (QED) is 0.806. The van der Waals surface area contributed by atoms with Gasteiger partial charge in [-0.25, -0.2) is 0 Å². The summed E-state index contributed by atoms with van der Waals surface area (Å²) in [6.07, 6.45) is -4.65. The Hall–Kier alpha value is -2.48. The van der Waals surface area contributed by atoms with Gasteiger partial charge in [0, 0.05) is 5.69 Å². The van der Waals surface area contributed by atoms with E-state index in [0.717, 1.165) is 12.1 Å². The highest BCUT2D eigenvalue weighted by Gasteiger charge is 2.30. The molecule has 2 aromatic rings. The molecule has 0 saturated heterocycles. The molecule has 1 atom stereocenters. The zero-order chi connectivity index (χ0) is 17.9. The Morgan fingerprint density at radius 2 is 1.88 bits per heavy atom. The van der Waals surface area contributed by atoms with Crippen LogP contribution in [-0.4, -0.2) is 24.4 Å². The van der Waals surface area contributed by atoms with Gasteiger partial charge in [-0.15, -0.1) is 0 Å². The molecule has 0 radical (unpaired) electrons. The lowest BCUT2D eigenvalue weighted by molar-refractivity contribution is -0.137. The molecule has 0 aromatic heterocycles. The molecule has 1 heterocycles. The number of nitrogens with one attached hydrogen (secondary N) is 2. The fourth-order valence-electron chi connectivity index (χ4n) is 2.32. The van der Waals surface area contributed by atoms with E-state index in [1.54, 1.807) is 6.07 Å². The second-order valence-corrected chi connectivity index (χ2v) is 5.82. The Kier molecular flexibility index (Phi) is 4.98. The van der Waals surface area contributed by atoms with Crippen molar-refractivity contribution in [3.05, 3.63) is 54.1 Å². The van der Waals surface area contributed by atoms with Crippen molar-refractivity contribution in [2.24, 2.45) is 0 Å². The Bertz CT molecular complexity index is 768. The Morgan fingerprint density at radius 1 is 1.12 bits per heavy atom. The summed E-state index contributed by atoms with van der Waals surface area (Å²) in [5.41, 5.74) is -0.473. The molecule has 2 aromatic carbocycles. The molecule has 1 aliphatic rings. The molecule has 0 amide bonds. The van der Waals surface area contributed by atoms with Crippen LogP contribution in [0, 0.1) is 0 Å². The minimum Gasteiger partial charge on any atom is -0.486 e. The van der Waals surface area contributed by atoms with Crippen molar-refractivity contribution in [2.75, 3.05) is 18.5 Å². The molecule has 25 heavy (non-hydrogen) atoms. The van der Waals surface area contributed by atoms with E-state index in [-0.39, 0.29) is 16.9 Å². The van der Waals surface area contributed by atoms with Gasteiger partial charge >= 0.3 is 6.18 Å². The maximum Gasteiger partial charge on any atom is 0.416 e. The smallest absolute Gasteiger partial charge is 0.416 e. The summed E-state index contributed by atoms with van der Waals surface area (Å²) in [6, 6.07) is 12.2. The van der Waals surface area contributed by atoms with Crippen LogP contribution in [0.1, 0.15) is 5.56 Å². The molecule has 4 nitrogen and oxygen atoms in total. The van der Waals surface area contributed by atoms with E-state index in [9.17, 15) is 13.2 Å². The first-order chi connectivity index (χ1) is 11.9. The predicted molar refractivity (Wildman–Crippen MR) is 92.0 cm³/mol. The molecular weight excluding hydrogens is 353 g/mol. The van der Waals surface area contributed by atoms with E-state index in [2.05, 4.69) is 10.6 Å². The van der Waals surface area contributed by atoms with Gasteiger partial charge in [-0.1, -0.05) is 18.2 Å². The van der Waals surface area contributed by atoms with Crippen LogP contribution >= 0.6 is 12.2 Å². The normalized spacial score (nSPS) is 16.2. The van der Waals surface area contributed by atoms with Crippen molar-refractivity contribution in [1.82, 2.24) is 5.32 Å². The number of para-hydroxylation sites is 2. The van der Waals surface area contributed by atoms with Crippen LogP contribution in [0.4, 0.5) is 18.9 Å².